The van der Waals surface area contributed by atoms with E-state index in [0.717, 1.165) is 6.07 Å². The summed E-state index contributed by atoms with van der Waals surface area (Å²) in [5, 5.41) is 19.3. The number of rotatable bonds is 5. The van der Waals surface area contributed by atoms with Crippen LogP contribution in [0.1, 0.15) is 6.92 Å². The fraction of sp³-hybridized carbons (Fsp3) is 0.300. The summed E-state index contributed by atoms with van der Waals surface area (Å²) in [6.45, 7) is 1.32. The molecule has 1 N–H and O–H groups in total. The molecule has 1 rings (SSSR count). The number of carboxylic acid groups (broad SMARTS) is 1. The standard InChI is InChI=1S/C10H11NO6/c1-6(10(12)13)17-9-5-7(11(14)15)3-4-8(9)16-2/h3-6H,1-2H3,(H,12,13). The molecule has 0 saturated heterocycles. The topological polar surface area (TPSA) is 98.9 Å². The average Bonchev–Trinajstić information content (AvgIpc) is 2.28. The van der Waals surface area contributed by atoms with Crippen molar-refractivity contribution in [2.45, 2.75) is 13.0 Å². The van der Waals surface area contributed by atoms with E-state index in [4.69, 9.17) is 14.6 Å². The van der Waals surface area contributed by atoms with Crippen LogP contribution in [0.25, 0.3) is 0 Å². The van der Waals surface area contributed by atoms with Crippen LogP contribution in [0.2, 0.25) is 0 Å². The van der Waals surface area contributed by atoms with E-state index in [-0.39, 0.29) is 17.2 Å². The van der Waals surface area contributed by atoms with Crippen LogP contribution in [0.5, 0.6) is 11.5 Å². The van der Waals surface area contributed by atoms with Crippen molar-refractivity contribution in [3.8, 4) is 11.5 Å². The molecule has 0 bridgehead atoms. The molecule has 17 heavy (non-hydrogen) atoms. The Morgan fingerprint density at radius 2 is 2.12 bits per heavy atom. The van der Waals surface area contributed by atoms with Crippen molar-refractivity contribution in [1.82, 2.24) is 0 Å². The monoisotopic (exact) mass is 241 g/mol. The number of non-ortho nitro benzene ring substituents is 1. The molecule has 92 valence electrons. The summed E-state index contributed by atoms with van der Waals surface area (Å²) < 4.78 is 9.98. The summed E-state index contributed by atoms with van der Waals surface area (Å²) in [7, 11) is 1.36. The number of aliphatic carboxylic acids is 1. The fourth-order valence-electron chi connectivity index (χ4n) is 1.11. The van der Waals surface area contributed by atoms with Gasteiger partial charge in [0, 0.05) is 6.07 Å². The Bertz CT molecular complexity index is 444. The van der Waals surface area contributed by atoms with Gasteiger partial charge in [0.15, 0.2) is 17.6 Å². The molecule has 0 heterocycles. The van der Waals surface area contributed by atoms with Crippen molar-refractivity contribution < 1.29 is 24.3 Å². The lowest BCUT2D eigenvalue weighted by atomic mass is 10.2. The predicted octanol–water partition coefficient (Wildman–Crippen LogP) is 1.46. The van der Waals surface area contributed by atoms with Crippen LogP contribution in [-0.4, -0.2) is 29.2 Å². The molecule has 0 radical (unpaired) electrons. The van der Waals surface area contributed by atoms with E-state index in [0.29, 0.717) is 0 Å². The highest BCUT2D eigenvalue weighted by Crippen LogP contribution is 2.31. The molecular weight excluding hydrogens is 230 g/mol. The van der Waals surface area contributed by atoms with Gasteiger partial charge in [-0.05, 0) is 13.0 Å². The second kappa shape index (κ2) is 5.15. The second-order valence-electron chi connectivity index (χ2n) is 3.19. The van der Waals surface area contributed by atoms with E-state index in [1.165, 1.54) is 26.2 Å². The number of methoxy groups -OCH3 is 1. The Balaban J connectivity index is 3.06. The third-order valence-electron chi connectivity index (χ3n) is 2.01. The SMILES string of the molecule is COc1ccc([N+](=O)[O-])cc1OC(C)C(=O)O. The minimum Gasteiger partial charge on any atom is -0.493 e. The van der Waals surface area contributed by atoms with Crippen LogP contribution in [0.3, 0.4) is 0 Å². The molecule has 1 atom stereocenters. The van der Waals surface area contributed by atoms with Gasteiger partial charge in [-0.15, -0.1) is 0 Å². The van der Waals surface area contributed by atoms with Crippen molar-refractivity contribution >= 4 is 11.7 Å². The molecular formula is C10H11NO6. The molecule has 7 heteroatoms. The molecule has 0 fully saturated rings. The zero-order valence-corrected chi connectivity index (χ0v) is 9.25. The lowest BCUT2D eigenvalue weighted by Gasteiger charge is -2.13. The Kier molecular flexibility index (Phi) is 3.86. The lowest BCUT2D eigenvalue weighted by molar-refractivity contribution is -0.385. The van der Waals surface area contributed by atoms with Gasteiger partial charge in [0.2, 0.25) is 0 Å². The maximum atomic E-state index is 10.6. The summed E-state index contributed by atoms with van der Waals surface area (Å²) in [6.07, 6.45) is -1.12. The van der Waals surface area contributed by atoms with Gasteiger partial charge in [-0.25, -0.2) is 4.79 Å². The van der Waals surface area contributed by atoms with E-state index in [9.17, 15) is 14.9 Å². The van der Waals surface area contributed by atoms with Crippen molar-refractivity contribution in [3.05, 3.63) is 28.3 Å². The third kappa shape index (κ3) is 3.07. The molecule has 0 amide bonds. The van der Waals surface area contributed by atoms with Crippen molar-refractivity contribution in [2.24, 2.45) is 0 Å². The number of carboxylic acids is 1. The zero-order valence-electron chi connectivity index (χ0n) is 9.25. The van der Waals surface area contributed by atoms with E-state index >= 15 is 0 Å². The largest absolute Gasteiger partial charge is 0.493 e. The first-order valence-corrected chi connectivity index (χ1v) is 4.67. The van der Waals surface area contributed by atoms with Crippen molar-refractivity contribution in [1.29, 1.82) is 0 Å². The summed E-state index contributed by atoms with van der Waals surface area (Å²) in [6, 6.07) is 3.72. The van der Waals surface area contributed by atoms with E-state index in [1.54, 1.807) is 0 Å². The summed E-state index contributed by atoms with van der Waals surface area (Å²) in [5.74, 6) is -0.904. The van der Waals surface area contributed by atoms with Gasteiger partial charge < -0.3 is 14.6 Å². The summed E-state index contributed by atoms with van der Waals surface area (Å²) in [5.41, 5.74) is -0.196. The minimum atomic E-state index is -1.17. The number of ether oxygens (including phenoxy) is 2. The molecule has 0 spiro atoms. The number of nitro groups is 1. The van der Waals surface area contributed by atoms with Crippen LogP contribution in [-0.2, 0) is 4.79 Å². The van der Waals surface area contributed by atoms with Gasteiger partial charge in [0.05, 0.1) is 18.1 Å². The van der Waals surface area contributed by atoms with Gasteiger partial charge in [-0.2, -0.15) is 0 Å². The first-order valence-electron chi connectivity index (χ1n) is 4.67. The third-order valence-corrected chi connectivity index (χ3v) is 2.01. The van der Waals surface area contributed by atoms with Crippen LogP contribution in [0, 0.1) is 10.1 Å². The molecule has 0 saturated carbocycles. The average molecular weight is 241 g/mol. The Hall–Kier alpha value is -2.31. The van der Waals surface area contributed by atoms with E-state index in [2.05, 4.69) is 0 Å². The highest BCUT2D eigenvalue weighted by Gasteiger charge is 2.18. The van der Waals surface area contributed by atoms with Gasteiger partial charge in [-0.1, -0.05) is 0 Å². The highest BCUT2D eigenvalue weighted by molar-refractivity contribution is 5.72. The Morgan fingerprint density at radius 3 is 2.59 bits per heavy atom. The quantitative estimate of drug-likeness (QED) is 0.618. The van der Waals surface area contributed by atoms with Crippen LogP contribution in [0.15, 0.2) is 18.2 Å². The normalized spacial score (nSPS) is 11.6. The molecule has 7 nitrogen and oxygen atoms in total. The maximum absolute atomic E-state index is 10.6. The molecule has 0 aliphatic carbocycles. The number of nitro benzene ring substituents is 1. The van der Waals surface area contributed by atoms with Crippen LogP contribution < -0.4 is 9.47 Å². The molecule has 0 aliphatic rings. The first kappa shape index (κ1) is 12.8. The Labute approximate surface area is 96.7 Å². The summed E-state index contributed by atoms with van der Waals surface area (Å²) in [4.78, 5) is 20.6. The number of hydrogen-bond acceptors (Lipinski definition) is 5. The fourth-order valence-corrected chi connectivity index (χ4v) is 1.11. The number of hydrogen-bond donors (Lipinski definition) is 1. The number of benzene rings is 1. The van der Waals surface area contributed by atoms with Gasteiger partial charge in [-0.3, -0.25) is 10.1 Å². The second-order valence-corrected chi connectivity index (χ2v) is 3.19. The van der Waals surface area contributed by atoms with E-state index < -0.39 is 17.0 Å². The van der Waals surface area contributed by atoms with Gasteiger partial charge in [0.1, 0.15) is 0 Å². The van der Waals surface area contributed by atoms with Crippen molar-refractivity contribution in [3.63, 3.8) is 0 Å². The number of carbonyl (C=O) groups is 1. The highest BCUT2D eigenvalue weighted by atomic mass is 16.6. The van der Waals surface area contributed by atoms with E-state index in [1.807, 2.05) is 0 Å². The molecule has 0 aliphatic heterocycles. The first-order chi connectivity index (χ1) is 7.95. The molecule has 0 aromatic heterocycles. The molecule has 1 unspecified atom stereocenters. The Morgan fingerprint density at radius 1 is 1.47 bits per heavy atom. The van der Waals surface area contributed by atoms with Crippen LogP contribution >= 0.6 is 0 Å². The zero-order chi connectivity index (χ0) is 13.0. The number of nitrogens with zero attached hydrogens (tertiary/aromatic N) is 1. The molecule has 1 aromatic rings. The van der Waals surface area contributed by atoms with Crippen molar-refractivity contribution in [2.75, 3.05) is 7.11 Å². The predicted molar refractivity (Wildman–Crippen MR) is 57.4 cm³/mol. The van der Waals surface area contributed by atoms with Gasteiger partial charge in [0.25, 0.3) is 5.69 Å². The summed E-state index contributed by atoms with van der Waals surface area (Å²) >= 11 is 0. The smallest absolute Gasteiger partial charge is 0.344 e. The minimum absolute atomic E-state index is 0.0246. The van der Waals surface area contributed by atoms with Gasteiger partial charge >= 0.3 is 5.97 Å². The lowest BCUT2D eigenvalue weighted by Crippen LogP contribution is -2.23. The maximum Gasteiger partial charge on any atom is 0.344 e. The van der Waals surface area contributed by atoms with Crippen LogP contribution in [0.4, 0.5) is 5.69 Å². The molecule has 1 aromatic carbocycles.